The molecule has 4 rings (SSSR count). The molecular weight excluding hydrogens is 466 g/mol. The van der Waals surface area contributed by atoms with Gasteiger partial charge in [-0.25, -0.2) is 0 Å². The van der Waals surface area contributed by atoms with Gasteiger partial charge in [-0.3, -0.25) is 19.5 Å². The van der Waals surface area contributed by atoms with Crippen LogP contribution < -0.4 is 5.32 Å². The third kappa shape index (κ3) is 5.17. The smallest absolute Gasteiger partial charge is 0.293 e. The molecule has 4 aromatic rings. The minimum atomic E-state index is -0.747. The molecule has 0 aliphatic carbocycles. The predicted octanol–water partition coefficient (Wildman–Crippen LogP) is 5.72. The molecule has 0 aliphatic heterocycles. The van der Waals surface area contributed by atoms with Gasteiger partial charge in [0.25, 0.3) is 5.69 Å². The standard InChI is InChI=1S/C25H23N5O4S/c1-4-13-29-23(19-12-14-34-17(19)3)27-28-25(29)35-22(18-8-6-5-7-9-18)24(31)26-20-11-10-16(2)15-21(20)30(32)33/h4-12,14-15,22H,1,13H2,2-3H3,(H,26,31). The van der Waals surface area contributed by atoms with Crippen LogP contribution >= 0.6 is 11.8 Å². The predicted molar refractivity (Wildman–Crippen MR) is 134 cm³/mol. The van der Waals surface area contributed by atoms with Crippen LogP contribution in [-0.2, 0) is 11.3 Å². The van der Waals surface area contributed by atoms with Crippen LogP contribution in [0, 0.1) is 24.0 Å². The van der Waals surface area contributed by atoms with Gasteiger partial charge in [-0.2, -0.15) is 0 Å². The van der Waals surface area contributed by atoms with Crippen molar-refractivity contribution in [3.05, 3.63) is 101 Å². The highest BCUT2D eigenvalue weighted by Gasteiger charge is 2.28. The quantitative estimate of drug-likeness (QED) is 0.138. The van der Waals surface area contributed by atoms with E-state index in [0.29, 0.717) is 23.3 Å². The normalized spacial score (nSPS) is 11.7. The fraction of sp³-hybridized carbons (Fsp3) is 0.160. The number of thioether (sulfide) groups is 1. The van der Waals surface area contributed by atoms with Crippen LogP contribution in [-0.4, -0.2) is 25.6 Å². The summed E-state index contributed by atoms with van der Waals surface area (Å²) in [6.07, 6.45) is 3.30. The molecule has 2 heterocycles. The monoisotopic (exact) mass is 489 g/mol. The Morgan fingerprint density at radius 2 is 2.00 bits per heavy atom. The van der Waals surface area contributed by atoms with Gasteiger partial charge in [-0.1, -0.05) is 54.2 Å². The summed E-state index contributed by atoms with van der Waals surface area (Å²) in [6.45, 7) is 7.84. The van der Waals surface area contributed by atoms with Crippen molar-refractivity contribution in [2.24, 2.45) is 0 Å². The molecule has 0 bridgehead atoms. The summed E-state index contributed by atoms with van der Waals surface area (Å²) in [5.41, 5.74) is 2.21. The average Bonchev–Trinajstić information content (AvgIpc) is 3.44. The van der Waals surface area contributed by atoms with Crippen molar-refractivity contribution in [3.63, 3.8) is 0 Å². The average molecular weight is 490 g/mol. The van der Waals surface area contributed by atoms with Crippen molar-refractivity contribution < 1.29 is 14.1 Å². The molecule has 10 heteroatoms. The minimum Gasteiger partial charge on any atom is -0.469 e. The molecule has 0 radical (unpaired) electrons. The van der Waals surface area contributed by atoms with E-state index in [1.165, 1.54) is 23.9 Å². The summed E-state index contributed by atoms with van der Waals surface area (Å²) in [5, 5.41) is 22.7. The lowest BCUT2D eigenvalue weighted by Gasteiger charge is -2.17. The zero-order valence-corrected chi connectivity index (χ0v) is 20.0. The molecule has 35 heavy (non-hydrogen) atoms. The molecular formula is C25H23N5O4S. The highest BCUT2D eigenvalue weighted by molar-refractivity contribution is 8.00. The maximum Gasteiger partial charge on any atom is 0.293 e. The molecule has 1 N–H and O–H groups in total. The van der Waals surface area contributed by atoms with Gasteiger partial charge in [0.1, 0.15) is 16.7 Å². The first-order chi connectivity index (χ1) is 16.9. The second-order valence-corrected chi connectivity index (χ2v) is 8.84. The van der Waals surface area contributed by atoms with E-state index in [-0.39, 0.29) is 11.4 Å². The number of aryl methyl sites for hydroxylation is 2. The fourth-order valence-corrected chi connectivity index (χ4v) is 4.63. The number of rotatable bonds is 9. The van der Waals surface area contributed by atoms with E-state index in [2.05, 4.69) is 22.1 Å². The van der Waals surface area contributed by atoms with Crippen LogP contribution in [0.3, 0.4) is 0 Å². The molecule has 2 aromatic heterocycles. The summed E-state index contributed by atoms with van der Waals surface area (Å²) in [4.78, 5) is 24.5. The zero-order valence-electron chi connectivity index (χ0n) is 19.2. The number of hydrogen-bond donors (Lipinski definition) is 1. The number of amides is 1. The second kappa shape index (κ2) is 10.4. The van der Waals surface area contributed by atoms with Gasteiger partial charge in [0, 0.05) is 12.6 Å². The van der Waals surface area contributed by atoms with Crippen LogP contribution in [0.2, 0.25) is 0 Å². The Morgan fingerprint density at radius 3 is 2.66 bits per heavy atom. The fourth-order valence-electron chi connectivity index (χ4n) is 3.59. The summed E-state index contributed by atoms with van der Waals surface area (Å²) in [6, 6.07) is 15.7. The molecule has 0 aliphatic rings. The van der Waals surface area contributed by atoms with Crippen molar-refractivity contribution in [2.75, 3.05) is 5.32 Å². The molecule has 1 amide bonds. The van der Waals surface area contributed by atoms with E-state index in [1.807, 2.05) is 47.9 Å². The zero-order chi connectivity index (χ0) is 24.9. The van der Waals surface area contributed by atoms with Gasteiger partial charge >= 0.3 is 0 Å². The largest absolute Gasteiger partial charge is 0.469 e. The molecule has 0 saturated carbocycles. The minimum absolute atomic E-state index is 0.134. The van der Waals surface area contributed by atoms with Gasteiger partial charge in [0.15, 0.2) is 11.0 Å². The second-order valence-electron chi connectivity index (χ2n) is 7.77. The Balaban J connectivity index is 1.71. The lowest BCUT2D eigenvalue weighted by atomic mass is 10.1. The number of nitrogens with one attached hydrogen (secondary N) is 1. The summed E-state index contributed by atoms with van der Waals surface area (Å²) >= 11 is 1.21. The molecule has 1 atom stereocenters. The summed E-state index contributed by atoms with van der Waals surface area (Å²) < 4.78 is 7.28. The van der Waals surface area contributed by atoms with Gasteiger partial charge in [-0.05, 0) is 37.1 Å². The molecule has 9 nitrogen and oxygen atoms in total. The Hall–Kier alpha value is -4.18. The van der Waals surface area contributed by atoms with Gasteiger partial charge in [-0.15, -0.1) is 16.8 Å². The van der Waals surface area contributed by atoms with E-state index >= 15 is 0 Å². The van der Waals surface area contributed by atoms with Crippen LogP contribution in [0.25, 0.3) is 11.4 Å². The number of allylic oxidation sites excluding steroid dienone is 1. The van der Waals surface area contributed by atoms with E-state index in [9.17, 15) is 14.9 Å². The molecule has 1 unspecified atom stereocenters. The Bertz CT molecular complexity index is 1380. The van der Waals surface area contributed by atoms with E-state index in [1.54, 1.807) is 25.3 Å². The number of aromatic nitrogens is 3. The van der Waals surface area contributed by atoms with E-state index < -0.39 is 16.1 Å². The highest BCUT2D eigenvalue weighted by Crippen LogP contribution is 2.38. The van der Waals surface area contributed by atoms with Gasteiger partial charge < -0.3 is 9.73 Å². The number of anilines is 1. The number of carbonyl (C=O) groups is 1. The summed E-state index contributed by atoms with van der Waals surface area (Å²) in [7, 11) is 0. The first-order valence-corrected chi connectivity index (χ1v) is 11.6. The number of hydrogen-bond acceptors (Lipinski definition) is 7. The number of nitro benzene ring substituents is 1. The van der Waals surface area contributed by atoms with Crippen LogP contribution in [0.4, 0.5) is 11.4 Å². The van der Waals surface area contributed by atoms with Crippen molar-refractivity contribution >= 4 is 29.0 Å². The lowest BCUT2D eigenvalue weighted by Crippen LogP contribution is -2.20. The van der Waals surface area contributed by atoms with Crippen LogP contribution in [0.15, 0.2) is 83.1 Å². The maximum atomic E-state index is 13.5. The van der Waals surface area contributed by atoms with Gasteiger partial charge in [0.2, 0.25) is 5.91 Å². The molecule has 2 aromatic carbocycles. The summed E-state index contributed by atoms with van der Waals surface area (Å²) in [5.74, 6) is 0.880. The third-order valence-corrected chi connectivity index (χ3v) is 6.53. The molecule has 0 fully saturated rings. The number of carbonyl (C=O) groups excluding carboxylic acids is 1. The third-order valence-electron chi connectivity index (χ3n) is 5.30. The van der Waals surface area contributed by atoms with Crippen molar-refractivity contribution in [3.8, 4) is 11.4 Å². The van der Waals surface area contributed by atoms with Crippen molar-refractivity contribution in [2.45, 2.75) is 30.8 Å². The highest BCUT2D eigenvalue weighted by atomic mass is 32.2. The van der Waals surface area contributed by atoms with Crippen molar-refractivity contribution in [1.82, 2.24) is 14.8 Å². The first-order valence-electron chi connectivity index (χ1n) is 10.7. The Kier molecular flexibility index (Phi) is 7.11. The van der Waals surface area contributed by atoms with Crippen molar-refractivity contribution in [1.29, 1.82) is 0 Å². The Morgan fingerprint density at radius 1 is 1.23 bits per heavy atom. The van der Waals surface area contributed by atoms with Crippen LogP contribution in [0.1, 0.15) is 22.1 Å². The Labute approximate surface area is 206 Å². The molecule has 0 spiro atoms. The first kappa shape index (κ1) is 24.0. The molecule has 178 valence electrons. The number of benzene rings is 2. The van der Waals surface area contributed by atoms with Crippen LogP contribution in [0.5, 0.6) is 0 Å². The van der Waals surface area contributed by atoms with E-state index in [4.69, 9.17) is 4.42 Å². The number of nitro groups is 1. The molecule has 0 saturated heterocycles. The lowest BCUT2D eigenvalue weighted by molar-refractivity contribution is -0.384. The van der Waals surface area contributed by atoms with Gasteiger partial charge in [0.05, 0.1) is 16.7 Å². The SMILES string of the molecule is C=CCn1c(SC(C(=O)Nc2ccc(C)cc2[N+](=O)[O-])c2ccccc2)nnc1-c1ccoc1C. The number of furan rings is 1. The van der Waals surface area contributed by atoms with E-state index in [0.717, 1.165) is 16.7 Å². The topological polar surface area (TPSA) is 116 Å². The maximum absolute atomic E-state index is 13.5. The number of nitrogens with zero attached hydrogens (tertiary/aromatic N) is 4.